The van der Waals surface area contributed by atoms with Crippen molar-refractivity contribution in [2.24, 2.45) is 0 Å². The van der Waals surface area contributed by atoms with E-state index in [0.29, 0.717) is 25.7 Å². The van der Waals surface area contributed by atoms with Gasteiger partial charge in [0, 0.05) is 12.5 Å². The highest BCUT2D eigenvalue weighted by Gasteiger charge is 1.95. The molecule has 0 heterocycles. The van der Waals surface area contributed by atoms with Crippen LogP contribution in [0.2, 0.25) is 0 Å². The highest BCUT2D eigenvalue weighted by atomic mass is 35.5. The Morgan fingerprint density at radius 1 is 0.895 bits per heavy atom. The van der Waals surface area contributed by atoms with E-state index in [9.17, 15) is 0 Å². The third-order valence-electron chi connectivity index (χ3n) is 2.76. The van der Waals surface area contributed by atoms with Crippen LogP contribution < -0.4 is 4.74 Å². The van der Waals surface area contributed by atoms with Crippen LogP contribution in [-0.4, -0.2) is 39.4 Å². The van der Waals surface area contributed by atoms with Gasteiger partial charge in [-0.25, -0.2) is 0 Å². The Balaban J connectivity index is 1.95. The largest absolute Gasteiger partial charge is 0.497 e. The van der Waals surface area contributed by atoms with Gasteiger partial charge in [-0.2, -0.15) is 0 Å². The minimum Gasteiger partial charge on any atom is -0.497 e. The lowest BCUT2D eigenvalue weighted by Gasteiger charge is -2.05. The number of halogens is 1. The monoisotopic (exact) mass is 286 g/mol. The fraction of sp³-hybridized carbons (Fsp3) is 0.600. The first-order chi connectivity index (χ1) is 9.36. The van der Waals surface area contributed by atoms with E-state index in [2.05, 4.69) is 12.1 Å². The van der Waals surface area contributed by atoms with Crippen molar-refractivity contribution in [3.8, 4) is 5.75 Å². The molecule has 0 atom stereocenters. The van der Waals surface area contributed by atoms with Gasteiger partial charge in [0.15, 0.2) is 0 Å². The number of methoxy groups -OCH3 is 1. The molecule has 0 aromatic heterocycles. The number of alkyl halides is 1. The van der Waals surface area contributed by atoms with Gasteiger partial charge in [-0.1, -0.05) is 12.1 Å². The summed E-state index contributed by atoms with van der Waals surface area (Å²) >= 11 is 5.49. The van der Waals surface area contributed by atoms with Crippen molar-refractivity contribution in [3.05, 3.63) is 29.8 Å². The van der Waals surface area contributed by atoms with Crippen molar-refractivity contribution >= 4 is 11.6 Å². The molecule has 0 unspecified atom stereocenters. The topological polar surface area (TPSA) is 27.7 Å². The van der Waals surface area contributed by atoms with Gasteiger partial charge in [-0.05, 0) is 37.0 Å². The smallest absolute Gasteiger partial charge is 0.118 e. The summed E-state index contributed by atoms with van der Waals surface area (Å²) in [5.74, 6) is 1.45. The summed E-state index contributed by atoms with van der Waals surface area (Å²) in [6.45, 7) is 2.67. The van der Waals surface area contributed by atoms with E-state index >= 15 is 0 Å². The Hall–Kier alpha value is -0.770. The van der Waals surface area contributed by atoms with Crippen LogP contribution >= 0.6 is 11.6 Å². The second kappa shape index (κ2) is 11.1. The highest BCUT2D eigenvalue weighted by molar-refractivity contribution is 6.17. The lowest BCUT2D eigenvalue weighted by molar-refractivity contribution is 0.0521. The lowest BCUT2D eigenvalue weighted by Crippen LogP contribution is -2.06. The van der Waals surface area contributed by atoms with E-state index < -0.39 is 0 Å². The van der Waals surface area contributed by atoms with Gasteiger partial charge in [0.1, 0.15) is 5.75 Å². The van der Waals surface area contributed by atoms with E-state index in [1.165, 1.54) is 5.56 Å². The molecule has 0 aliphatic carbocycles. The summed E-state index contributed by atoms with van der Waals surface area (Å²) in [5.41, 5.74) is 1.34. The number of hydrogen-bond donors (Lipinski definition) is 0. The summed E-state index contributed by atoms with van der Waals surface area (Å²) < 4.78 is 15.8. The first-order valence-corrected chi connectivity index (χ1v) is 7.24. The summed E-state index contributed by atoms with van der Waals surface area (Å²) in [4.78, 5) is 0. The third-order valence-corrected chi connectivity index (χ3v) is 2.91. The van der Waals surface area contributed by atoms with Crippen molar-refractivity contribution in [3.63, 3.8) is 0 Å². The maximum absolute atomic E-state index is 5.49. The van der Waals surface area contributed by atoms with Gasteiger partial charge in [-0.3, -0.25) is 0 Å². The number of unbranched alkanes of at least 4 members (excludes halogenated alkanes) is 1. The third kappa shape index (κ3) is 8.09. The predicted octanol–water partition coefficient (Wildman–Crippen LogP) is 3.29. The molecular weight excluding hydrogens is 264 g/mol. The molecule has 0 bridgehead atoms. The zero-order valence-electron chi connectivity index (χ0n) is 11.6. The zero-order chi connectivity index (χ0) is 13.8. The first kappa shape index (κ1) is 16.3. The fourth-order valence-electron chi connectivity index (χ4n) is 1.70. The Labute approximate surface area is 120 Å². The number of aryl methyl sites for hydroxylation is 1. The van der Waals surface area contributed by atoms with Crippen LogP contribution in [0.15, 0.2) is 24.3 Å². The lowest BCUT2D eigenvalue weighted by atomic mass is 10.1. The molecule has 1 aromatic carbocycles. The second-order valence-electron chi connectivity index (χ2n) is 4.22. The van der Waals surface area contributed by atoms with Crippen LogP contribution in [0.5, 0.6) is 5.75 Å². The molecule has 0 N–H and O–H groups in total. The maximum Gasteiger partial charge on any atom is 0.118 e. The zero-order valence-corrected chi connectivity index (χ0v) is 12.3. The Morgan fingerprint density at radius 3 is 2.21 bits per heavy atom. The number of hydrogen-bond acceptors (Lipinski definition) is 3. The van der Waals surface area contributed by atoms with E-state index in [0.717, 1.165) is 31.6 Å². The van der Waals surface area contributed by atoms with Crippen molar-refractivity contribution in [2.75, 3.05) is 39.4 Å². The molecule has 4 heteroatoms. The average Bonchev–Trinajstić information content (AvgIpc) is 2.46. The maximum atomic E-state index is 5.49. The van der Waals surface area contributed by atoms with Crippen molar-refractivity contribution in [1.29, 1.82) is 0 Å². The van der Waals surface area contributed by atoms with Gasteiger partial charge >= 0.3 is 0 Å². The van der Waals surface area contributed by atoms with Crippen LogP contribution in [0.1, 0.15) is 18.4 Å². The molecule has 0 aliphatic heterocycles. The summed E-state index contributed by atoms with van der Waals surface area (Å²) in [6, 6.07) is 8.22. The molecule has 19 heavy (non-hydrogen) atoms. The number of ether oxygens (including phenoxy) is 3. The standard InChI is InChI=1S/C15H23ClO3/c1-17-15-7-5-14(6-8-15)4-2-3-10-18-12-13-19-11-9-16/h5-8H,2-4,9-13H2,1H3. The normalized spacial score (nSPS) is 10.6. The van der Waals surface area contributed by atoms with Gasteiger partial charge in [-0.15, -0.1) is 11.6 Å². The molecule has 3 nitrogen and oxygen atoms in total. The highest BCUT2D eigenvalue weighted by Crippen LogP contribution is 2.13. The van der Waals surface area contributed by atoms with Gasteiger partial charge < -0.3 is 14.2 Å². The fourth-order valence-corrected chi connectivity index (χ4v) is 1.81. The Morgan fingerprint density at radius 2 is 1.58 bits per heavy atom. The second-order valence-corrected chi connectivity index (χ2v) is 4.60. The minimum atomic E-state index is 0.544. The summed E-state index contributed by atoms with van der Waals surface area (Å²) in [7, 11) is 1.68. The predicted molar refractivity (Wildman–Crippen MR) is 78.3 cm³/mol. The summed E-state index contributed by atoms with van der Waals surface area (Å²) in [6.07, 6.45) is 3.28. The van der Waals surface area contributed by atoms with Crippen molar-refractivity contribution in [1.82, 2.24) is 0 Å². The van der Waals surface area contributed by atoms with E-state index in [1.807, 2.05) is 12.1 Å². The molecule has 1 rings (SSSR count). The quantitative estimate of drug-likeness (QED) is 0.461. The molecule has 0 saturated heterocycles. The van der Waals surface area contributed by atoms with Crippen LogP contribution in [0.25, 0.3) is 0 Å². The molecule has 1 aromatic rings. The molecule has 0 spiro atoms. The molecule has 0 fully saturated rings. The number of rotatable bonds is 11. The molecule has 0 aliphatic rings. The van der Waals surface area contributed by atoms with Crippen LogP contribution in [0, 0.1) is 0 Å². The minimum absolute atomic E-state index is 0.544. The summed E-state index contributed by atoms with van der Waals surface area (Å²) in [5, 5.41) is 0. The van der Waals surface area contributed by atoms with Crippen molar-refractivity contribution in [2.45, 2.75) is 19.3 Å². The van der Waals surface area contributed by atoms with E-state index in [4.69, 9.17) is 25.8 Å². The molecule has 108 valence electrons. The van der Waals surface area contributed by atoms with Crippen molar-refractivity contribution < 1.29 is 14.2 Å². The molecule has 0 radical (unpaired) electrons. The van der Waals surface area contributed by atoms with Gasteiger partial charge in [0.25, 0.3) is 0 Å². The van der Waals surface area contributed by atoms with E-state index in [1.54, 1.807) is 7.11 Å². The van der Waals surface area contributed by atoms with Gasteiger partial charge in [0.2, 0.25) is 0 Å². The van der Waals surface area contributed by atoms with Crippen LogP contribution in [-0.2, 0) is 15.9 Å². The SMILES string of the molecule is COc1ccc(CCCCOCCOCCCl)cc1. The van der Waals surface area contributed by atoms with Crippen LogP contribution in [0.3, 0.4) is 0 Å². The Kier molecular flexibility index (Phi) is 9.51. The van der Waals surface area contributed by atoms with Crippen LogP contribution in [0.4, 0.5) is 0 Å². The Bertz CT molecular complexity index is 314. The molecule has 0 saturated carbocycles. The first-order valence-electron chi connectivity index (χ1n) is 6.71. The van der Waals surface area contributed by atoms with Gasteiger partial charge in [0.05, 0.1) is 26.9 Å². The average molecular weight is 287 g/mol. The number of benzene rings is 1. The molecule has 0 amide bonds. The van der Waals surface area contributed by atoms with E-state index in [-0.39, 0.29) is 0 Å². The molecular formula is C15H23ClO3.